The Hall–Kier alpha value is -2.89. The van der Waals surface area contributed by atoms with E-state index in [9.17, 15) is 9.59 Å². The summed E-state index contributed by atoms with van der Waals surface area (Å²) in [7, 11) is 1.72. The lowest BCUT2D eigenvalue weighted by atomic mass is 10.1. The van der Waals surface area contributed by atoms with E-state index in [1.165, 1.54) is 5.56 Å². The van der Waals surface area contributed by atoms with Crippen molar-refractivity contribution in [3.63, 3.8) is 0 Å². The van der Waals surface area contributed by atoms with Crippen LogP contribution in [0.2, 0.25) is 0 Å². The number of carbonyl (C=O) groups is 2. The maximum absolute atomic E-state index is 12.4. The van der Waals surface area contributed by atoms with Crippen molar-refractivity contribution in [2.45, 2.75) is 32.6 Å². The van der Waals surface area contributed by atoms with Gasteiger partial charge in [-0.3, -0.25) is 9.69 Å². The van der Waals surface area contributed by atoms with Crippen molar-refractivity contribution in [3.05, 3.63) is 53.2 Å². The van der Waals surface area contributed by atoms with Crippen molar-refractivity contribution in [2.24, 2.45) is 0 Å². The Labute approximate surface area is 160 Å². The highest BCUT2D eigenvalue weighted by atomic mass is 16.2. The zero-order chi connectivity index (χ0) is 19.2. The van der Waals surface area contributed by atoms with Gasteiger partial charge in [0, 0.05) is 49.9 Å². The number of nitrogens with one attached hydrogen (secondary N) is 2. The van der Waals surface area contributed by atoms with Crippen molar-refractivity contribution < 1.29 is 9.59 Å². The summed E-state index contributed by atoms with van der Waals surface area (Å²) in [6, 6.07) is 11.1. The standard InChI is InChI=1S/C21H26N4O2/c1-3-19(26)15-7-10-18(11-8-15)25(2)21(27)23-14-12-17-9-6-16-5-4-13-22-20(16)24-17/h6-11H,3-5,12-14H2,1-2H3,(H,22,24)(H,23,27). The lowest BCUT2D eigenvalue weighted by Gasteiger charge is -2.19. The molecule has 1 aliphatic rings. The largest absolute Gasteiger partial charge is 0.370 e. The quantitative estimate of drug-likeness (QED) is 0.768. The Morgan fingerprint density at radius 2 is 1.96 bits per heavy atom. The van der Waals surface area contributed by atoms with Crippen LogP contribution >= 0.6 is 0 Å². The van der Waals surface area contributed by atoms with Crippen molar-refractivity contribution in [1.82, 2.24) is 10.3 Å². The zero-order valence-electron chi connectivity index (χ0n) is 15.9. The fourth-order valence-electron chi connectivity index (χ4n) is 3.12. The van der Waals surface area contributed by atoms with Crippen LogP contribution in [0.15, 0.2) is 36.4 Å². The maximum Gasteiger partial charge on any atom is 0.321 e. The Bertz CT molecular complexity index is 817. The second-order valence-electron chi connectivity index (χ2n) is 6.71. The molecular formula is C21H26N4O2. The number of hydrogen-bond acceptors (Lipinski definition) is 4. The van der Waals surface area contributed by atoms with E-state index in [2.05, 4.69) is 21.7 Å². The number of benzene rings is 1. The van der Waals surface area contributed by atoms with Crippen molar-refractivity contribution in [3.8, 4) is 0 Å². The van der Waals surface area contributed by atoms with E-state index in [1.807, 2.05) is 13.0 Å². The first-order chi connectivity index (χ1) is 13.1. The minimum Gasteiger partial charge on any atom is -0.370 e. The van der Waals surface area contributed by atoms with Gasteiger partial charge in [-0.1, -0.05) is 13.0 Å². The van der Waals surface area contributed by atoms with Gasteiger partial charge in [0.1, 0.15) is 5.82 Å². The monoisotopic (exact) mass is 366 g/mol. The highest BCUT2D eigenvalue weighted by Gasteiger charge is 2.13. The number of amides is 2. The van der Waals surface area contributed by atoms with E-state index in [0.29, 0.717) is 24.9 Å². The summed E-state index contributed by atoms with van der Waals surface area (Å²) in [5.74, 6) is 1.07. The number of carbonyl (C=O) groups excluding carboxylic acids is 2. The van der Waals surface area contributed by atoms with Gasteiger partial charge in [0.25, 0.3) is 0 Å². The minimum absolute atomic E-state index is 0.0979. The number of anilines is 2. The van der Waals surface area contributed by atoms with Crippen LogP contribution in [-0.4, -0.2) is 36.9 Å². The predicted octanol–water partition coefficient (Wildman–Crippen LogP) is 3.42. The number of nitrogens with zero attached hydrogens (tertiary/aromatic N) is 2. The van der Waals surface area contributed by atoms with Gasteiger partial charge in [-0.15, -0.1) is 0 Å². The van der Waals surface area contributed by atoms with Crippen molar-refractivity contribution >= 4 is 23.3 Å². The molecule has 142 valence electrons. The number of ketones is 1. The fourth-order valence-corrected chi connectivity index (χ4v) is 3.12. The van der Waals surface area contributed by atoms with Gasteiger partial charge < -0.3 is 10.6 Å². The summed E-state index contributed by atoms with van der Waals surface area (Å²) >= 11 is 0. The second kappa shape index (κ2) is 8.66. The summed E-state index contributed by atoms with van der Waals surface area (Å²) in [6.07, 6.45) is 3.37. The van der Waals surface area contributed by atoms with Crippen LogP contribution < -0.4 is 15.5 Å². The summed E-state index contributed by atoms with van der Waals surface area (Å²) < 4.78 is 0. The van der Waals surface area contributed by atoms with Gasteiger partial charge >= 0.3 is 6.03 Å². The lowest BCUT2D eigenvalue weighted by Crippen LogP contribution is -2.38. The Morgan fingerprint density at radius 3 is 2.70 bits per heavy atom. The molecule has 0 fully saturated rings. The van der Waals surface area contributed by atoms with Crippen LogP contribution in [0, 0.1) is 0 Å². The van der Waals surface area contributed by atoms with Crippen LogP contribution in [0.5, 0.6) is 0 Å². The molecule has 1 aromatic carbocycles. The molecule has 3 rings (SSSR count). The summed E-state index contributed by atoms with van der Waals surface area (Å²) in [4.78, 5) is 30.2. The van der Waals surface area contributed by atoms with E-state index in [-0.39, 0.29) is 11.8 Å². The number of aryl methyl sites for hydroxylation is 1. The molecule has 1 aliphatic heterocycles. The average molecular weight is 366 g/mol. The third-order valence-corrected chi connectivity index (χ3v) is 4.81. The summed E-state index contributed by atoms with van der Waals surface area (Å²) in [5, 5.41) is 6.25. The fraction of sp³-hybridized carbons (Fsp3) is 0.381. The van der Waals surface area contributed by atoms with Crippen LogP contribution in [0.1, 0.15) is 41.4 Å². The number of aromatic nitrogens is 1. The molecule has 0 bridgehead atoms. The molecule has 2 N–H and O–H groups in total. The van der Waals surface area contributed by atoms with Gasteiger partial charge in [0.15, 0.2) is 5.78 Å². The average Bonchev–Trinajstić information content (AvgIpc) is 2.72. The molecule has 0 spiro atoms. The molecule has 1 aromatic heterocycles. The van der Waals surface area contributed by atoms with E-state index in [4.69, 9.17) is 0 Å². The third-order valence-electron chi connectivity index (χ3n) is 4.81. The predicted molar refractivity (Wildman–Crippen MR) is 108 cm³/mol. The number of hydrogen-bond donors (Lipinski definition) is 2. The molecule has 2 heterocycles. The van der Waals surface area contributed by atoms with Crippen LogP contribution in [0.3, 0.4) is 0 Å². The Balaban J connectivity index is 1.52. The van der Waals surface area contributed by atoms with Crippen LogP contribution in [0.25, 0.3) is 0 Å². The highest BCUT2D eigenvalue weighted by molar-refractivity contribution is 5.97. The number of urea groups is 1. The lowest BCUT2D eigenvalue weighted by molar-refractivity contribution is 0.0988. The molecule has 2 amide bonds. The molecule has 2 aromatic rings. The number of fused-ring (bicyclic) bond motifs is 1. The molecule has 0 saturated heterocycles. The smallest absolute Gasteiger partial charge is 0.321 e. The second-order valence-corrected chi connectivity index (χ2v) is 6.71. The minimum atomic E-state index is -0.180. The van der Waals surface area contributed by atoms with Crippen molar-refractivity contribution in [2.75, 3.05) is 30.4 Å². The third kappa shape index (κ3) is 4.64. The topological polar surface area (TPSA) is 74.3 Å². The number of rotatable bonds is 6. The number of pyridine rings is 1. The van der Waals surface area contributed by atoms with Gasteiger partial charge in [-0.2, -0.15) is 0 Å². The molecule has 0 radical (unpaired) electrons. The first-order valence-electron chi connectivity index (χ1n) is 9.46. The van der Waals surface area contributed by atoms with E-state index < -0.39 is 0 Å². The number of Topliss-reactive ketones (excluding diaryl/α,β-unsaturated/α-hetero) is 1. The molecule has 0 unspecified atom stereocenters. The van der Waals surface area contributed by atoms with E-state index in [0.717, 1.165) is 36.6 Å². The van der Waals surface area contributed by atoms with E-state index in [1.54, 1.807) is 36.2 Å². The van der Waals surface area contributed by atoms with Crippen molar-refractivity contribution in [1.29, 1.82) is 0 Å². The SMILES string of the molecule is CCC(=O)c1ccc(N(C)C(=O)NCCc2ccc3c(n2)NCCC3)cc1. The molecule has 0 saturated carbocycles. The highest BCUT2D eigenvalue weighted by Crippen LogP contribution is 2.19. The molecule has 6 heteroatoms. The molecular weight excluding hydrogens is 340 g/mol. The maximum atomic E-state index is 12.4. The van der Waals surface area contributed by atoms with Crippen LogP contribution in [-0.2, 0) is 12.8 Å². The first-order valence-corrected chi connectivity index (χ1v) is 9.46. The Morgan fingerprint density at radius 1 is 1.19 bits per heavy atom. The molecule has 0 atom stereocenters. The normalized spacial score (nSPS) is 12.7. The van der Waals surface area contributed by atoms with Crippen LogP contribution in [0.4, 0.5) is 16.3 Å². The molecule has 6 nitrogen and oxygen atoms in total. The van der Waals surface area contributed by atoms with Gasteiger partial charge in [-0.25, -0.2) is 9.78 Å². The first kappa shape index (κ1) is 18.9. The molecule has 27 heavy (non-hydrogen) atoms. The Kier molecular flexibility index (Phi) is 6.06. The van der Waals surface area contributed by atoms with Gasteiger partial charge in [0.2, 0.25) is 0 Å². The zero-order valence-corrected chi connectivity index (χ0v) is 15.9. The van der Waals surface area contributed by atoms with Gasteiger partial charge in [-0.05, 0) is 48.7 Å². The van der Waals surface area contributed by atoms with Gasteiger partial charge in [0.05, 0.1) is 0 Å². The summed E-state index contributed by atoms with van der Waals surface area (Å²) in [5.41, 5.74) is 3.64. The van der Waals surface area contributed by atoms with E-state index >= 15 is 0 Å². The summed E-state index contributed by atoms with van der Waals surface area (Å²) in [6.45, 7) is 3.32. The molecule has 0 aliphatic carbocycles.